The highest BCUT2D eigenvalue weighted by Gasteiger charge is 2.27. The van der Waals surface area contributed by atoms with Crippen molar-refractivity contribution in [2.75, 3.05) is 0 Å². The van der Waals surface area contributed by atoms with Crippen LogP contribution in [0.5, 0.6) is 0 Å². The Morgan fingerprint density at radius 1 is 0.488 bits per heavy atom. The van der Waals surface area contributed by atoms with E-state index in [0.29, 0.717) is 0 Å². The van der Waals surface area contributed by atoms with Gasteiger partial charge in [-0.05, 0) is 59.2 Å². The van der Waals surface area contributed by atoms with E-state index >= 15 is 0 Å². The molecule has 5 heterocycles. The van der Waals surface area contributed by atoms with Gasteiger partial charge in [0.1, 0.15) is 0 Å². The maximum absolute atomic E-state index is 5.27. The van der Waals surface area contributed by atoms with Gasteiger partial charge in [-0.2, -0.15) is 0 Å². The van der Waals surface area contributed by atoms with E-state index in [1.807, 2.05) is 18.2 Å². The molecule has 4 aliphatic heterocycles. The standard InChI is InChI=1S/C37H26N4/c1-4-10-24(11-5-1)35-29-18-16-27(38-29)28-17-19-30(39-28)36(25-12-6-2-7-13-25)32-21-23-34(41-32)37(26-14-8-3-9-15-26)33-22-20-31(35)40-33/h1-23,27,38,41H/b35-29-,36-30-,37-33-. The lowest BCUT2D eigenvalue weighted by atomic mass is 9.99. The third-order valence-corrected chi connectivity index (χ3v) is 7.84. The van der Waals surface area contributed by atoms with Crippen LogP contribution in [0.2, 0.25) is 0 Å². The first-order chi connectivity index (χ1) is 20.3. The third kappa shape index (κ3) is 4.09. The molecule has 0 fully saturated rings. The Hall–Kier alpha value is -5.48. The summed E-state index contributed by atoms with van der Waals surface area (Å²) in [5.74, 6) is 0. The highest BCUT2D eigenvalue weighted by atomic mass is 15.0. The van der Waals surface area contributed by atoms with E-state index in [2.05, 4.69) is 132 Å². The molecule has 3 aromatic carbocycles. The summed E-state index contributed by atoms with van der Waals surface area (Å²) in [6.45, 7) is 0. The Morgan fingerprint density at radius 3 is 1.63 bits per heavy atom. The fraction of sp³-hybridized carbons (Fsp3) is 0.0270. The van der Waals surface area contributed by atoms with E-state index in [4.69, 9.17) is 9.98 Å². The monoisotopic (exact) mass is 526 g/mol. The lowest BCUT2D eigenvalue weighted by Gasteiger charge is -2.15. The van der Waals surface area contributed by atoms with Crippen LogP contribution in [0.25, 0.3) is 16.7 Å². The number of benzene rings is 3. The third-order valence-electron chi connectivity index (χ3n) is 7.84. The molecule has 0 saturated heterocycles. The summed E-state index contributed by atoms with van der Waals surface area (Å²) in [6.07, 6.45) is 12.9. The quantitative estimate of drug-likeness (QED) is 0.285. The Bertz CT molecular complexity index is 1930. The predicted molar refractivity (Wildman–Crippen MR) is 168 cm³/mol. The molecule has 1 aromatic heterocycles. The van der Waals surface area contributed by atoms with Crippen LogP contribution >= 0.6 is 0 Å². The van der Waals surface area contributed by atoms with E-state index in [1.165, 1.54) is 0 Å². The molecule has 2 N–H and O–H groups in total. The van der Waals surface area contributed by atoms with Crippen LogP contribution in [0.3, 0.4) is 0 Å². The van der Waals surface area contributed by atoms with Gasteiger partial charge in [-0.25, -0.2) is 4.99 Å². The van der Waals surface area contributed by atoms with Crippen molar-refractivity contribution in [3.63, 3.8) is 0 Å². The molecule has 1 unspecified atom stereocenters. The first-order valence-electron chi connectivity index (χ1n) is 13.9. The van der Waals surface area contributed by atoms with Gasteiger partial charge in [0.2, 0.25) is 0 Å². The molecular weight excluding hydrogens is 500 g/mol. The zero-order valence-electron chi connectivity index (χ0n) is 22.3. The van der Waals surface area contributed by atoms with Gasteiger partial charge < -0.3 is 10.3 Å². The van der Waals surface area contributed by atoms with Gasteiger partial charge in [-0.1, -0.05) is 97.1 Å². The topological polar surface area (TPSA) is 52.5 Å². The first kappa shape index (κ1) is 23.4. The highest BCUT2D eigenvalue weighted by molar-refractivity contribution is 6.32. The molecule has 8 rings (SSSR count). The van der Waals surface area contributed by atoms with E-state index in [9.17, 15) is 0 Å². The maximum Gasteiger partial charge on any atom is 0.0874 e. The summed E-state index contributed by atoms with van der Waals surface area (Å²) in [5.41, 5.74) is 13.4. The molecular formula is C37H26N4. The van der Waals surface area contributed by atoms with Gasteiger partial charge in [0.15, 0.2) is 0 Å². The van der Waals surface area contributed by atoms with Gasteiger partial charge in [-0.15, -0.1) is 0 Å². The van der Waals surface area contributed by atoms with Crippen molar-refractivity contribution in [2.24, 2.45) is 9.98 Å². The summed E-state index contributed by atoms with van der Waals surface area (Å²) in [7, 11) is 0. The van der Waals surface area contributed by atoms with Crippen molar-refractivity contribution in [1.29, 1.82) is 0 Å². The zero-order chi connectivity index (χ0) is 27.2. The van der Waals surface area contributed by atoms with Crippen molar-refractivity contribution in [3.8, 4) is 0 Å². The van der Waals surface area contributed by atoms with Crippen LogP contribution in [-0.4, -0.2) is 22.4 Å². The van der Waals surface area contributed by atoms with Gasteiger partial charge in [0.05, 0.1) is 28.9 Å². The summed E-state index contributed by atoms with van der Waals surface area (Å²) < 4.78 is 0. The van der Waals surface area contributed by atoms with E-state index in [0.717, 1.165) is 73.3 Å². The number of nitrogens with zero attached hydrogens (tertiary/aromatic N) is 2. The normalized spacial score (nSPS) is 24.1. The SMILES string of the molecule is C1=C/C2=C(\c3ccccc3)c3ccc([nH]3)/C(c3ccccc3)=C3/C=CC(=N3)C3C=C/C(=C(\c4ccccc4)C1=N2)N3. The van der Waals surface area contributed by atoms with Crippen molar-refractivity contribution in [2.45, 2.75) is 6.04 Å². The molecule has 4 aromatic rings. The summed E-state index contributed by atoms with van der Waals surface area (Å²) >= 11 is 0. The average Bonchev–Trinajstić information content (AvgIpc) is 3.84. The van der Waals surface area contributed by atoms with Crippen LogP contribution in [-0.2, 0) is 0 Å². The van der Waals surface area contributed by atoms with Crippen LogP contribution in [0.1, 0.15) is 28.1 Å². The fourth-order valence-corrected chi connectivity index (χ4v) is 5.94. The molecule has 4 nitrogen and oxygen atoms in total. The zero-order valence-corrected chi connectivity index (χ0v) is 22.3. The molecule has 1 atom stereocenters. The van der Waals surface area contributed by atoms with Gasteiger partial charge >= 0.3 is 0 Å². The van der Waals surface area contributed by atoms with Gasteiger partial charge in [-0.3, -0.25) is 4.99 Å². The molecule has 0 aliphatic carbocycles. The first-order valence-corrected chi connectivity index (χ1v) is 13.9. The molecule has 0 saturated carbocycles. The Balaban J connectivity index is 1.42. The minimum absolute atomic E-state index is 0.0281. The number of allylic oxidation sites excluding steroid dienone is 5. The number of hydrogen-bond acceptors (Lipinski definition) is 3. The molecule has 0 spiro atoms. The average molecular weight is 527 g/mol. The highest BCUT2D eigenvalue weighted by Crippen LogP contribution is 2.37. The van der Waals surface area contributed by atoms with Gasteiger partial charge in [0, 0.05) is 33.8 Å². The molecule has 4 heteroatoms. The Labute approximate surface area is 238 Å². The number of hydrogen-bond donors (Lipinski definition) is 2. The number of H-pyrrole nitrogens is 1. The summed E-state index contributed by atoms with van der Waals surface area (Å²) in [4.78, 5) is 14.2. The molecule has 0 amide bonds. The molecule has 4 aliphatic rings. The van der Waals surface area contributed by atoms with Crippen LogP contribution < -0.4 is 5.32 Å². The number of nitrogens with one attached hydrogen (secondary N) is 2. The van der Waals surface area contributed by atoms with E-state index in [-0.39, 0.29) is 6.04 Å². The van der Waals surface area contributed by atoms with Crippen LogP contribution in [0, 0.1) is 0 Å². The molecule has 194 valence electrons. The number of aliphatic imine (C=N–C) groups is 2. The maximum atomic E-state index is 5.27. The number of aromatic nitrogens is 1. The number of fused-ring (bicyclic) bond motifs is 7. The minimum Gasteiger partial charge on any atom is -0.373 e. The van der Waals surface area contributed by atoms with Crippen LogP contribution in [0.4, 0.5) is 0 Å². The number of aromatic amines is 1. The molecule has 41 heavy (non-hydrogen) atoms. The second kappa shape index (κ2) is 9.61. The van der Waals surface area contributed by atoms with Crippen molar-refractivity contribution in [1.82, 2.24) is 10.3 Å². The lowest BCUT2D eigenvalue weighted by Crippen LogP contribution is -2.29. The Morgan fingerprint density at radius 2 is 1.02 bits per heavy atom. The second-order valence-corrected chi connectivity index (χ2v) is 10.4. The summed E-state index contributed by atoms with van der Waals surface area (Å²) in [5, 5.41) is 3.74. The Kier molecular flexibility index (Phi) is 5.49. The van der Waals surface area contributed by atoms with Crippen molar-refractivity contribution in [3.05, 3.63) is 185 Å². The van der Waals surface area contributed by atoms with Crippen molar-refractivity contribution < 1.29 is 0 Å². The fourth-order valence-electron chi connectivity index (χ4n) is 5.94. The van der Waals surface area contributed by atoms with E-state index in [1.54, 1.807) is 0 Å². The number of rotatable bonds is 3. The van der Waals surface area contributed by atoms with Crippen molar-refractivity contribution >= 4 is 28.1 Å². The minimum atomic E-state index is -0.0281. The molecule has 0 radical (unpaired) electrons. The van der Waals surface area contributed by atoms with Gasteiger partial charge in [0.25, 0.3) is 0 Å². The predicted octanol–water partition coefficient (Wildman–Crippen LogP) is 7.51. The van der Waals surface area contributed by atoms with E-state index < -0.39 is 0 Å². The summed E-state index contributed by atoms with van der Waals surface area (Å²) in [6, 6.07) is 35.8. The second-order valence-electron chi connectivity index (χ2n) is 10.4. The molecule has 8 bridgehead atoms. The lowest BCUT2D eigenvalue weighted by molar-refractivity contribution is 0.886. The van der Waals surface area contributed by atoms with Crippen LogP contribution in [0.15, 0.2) is 167 Å². The largest absolute Gasteiger partial charge is 0.373 e. The smallest absolute Gasteiger partial charge is 0.0874 e.